The van der Waals surface area contributed by atoms with Gasteiger partial charge >= 0.3 is 0 Å². The van der Waals surface area contributed by atoms with Gasteiger partial charge in [0.05, 0.1) is 6.10 Å². The standard InChI is InChI=1S/C12H19NO3/c1-4-5-10(14)7-13-12(15)11-8(2)6-9(3)16-11/h6,10,14H,4-5,7H2,1-3H3,(H,13,15). The number of rotatable bonds is 5. The van der Waals surface area contributed by atoms with Crippen LogP contribution in [0.5, 0.6) is 0 Å². The Morgan fingerprint density at radius 2 is 2.25 bits per heavy atom. The Labute approximate surface area is 95.7 Å². The highest BCUT2D eigenvalue weighted by molar-refractivity contribution is 5.92. The molecule has 0 fully saturated rings. The molecule has 0 radical (unpaired) electrons. The van der Waals surface area contributed by atoms with Crippen LogP contribution >= 0.6 is 0 Å². The summed E-state index contributed by atoms with van der Waals surface area (Å²) in [5, 5.41) is 12.1. The predicted molar refractivity (Wildman–Crippen MR) is 61.4 cm³/mol. The summed E-state index contributed by atoms with van der Waals surface area (Å²) in [5.41, 5.74) is 0.819. The van der Waals surface area contributed by atoms with Gasteiger partial charge in [-0.15, -0.1) is 0 Å². The van der Waals surface area contributed by atoms with Gasteiger partial charge in [-0.1, -0.05) is 13.3 Å². The van der Waals surface area contributed by atoms with E-state index in [4.69, 9.17) is 4.42 Å². The van der Waals surface area contributed by atoms with E-state index < -0.39 is 6.10 Å². The molecule has 1 rings (SSSR count). The second-order valence-electron chi connectivity index (χ2n) is 4.02. The lowest BCUT2D eigenvalue weighted by Gasteiger charge is -2.09. The second-order valence-corrected chi connectivity index (χ2v) is 4.02. The summed E-state index contributed by atoms with van der Waals surface area (Å²) in [6.45, 7) is 5.89. The van der Waals surface area contributed by atoms with E-state index in [0.29, 0.717) is 12.2 Å². The molecule has 4 nitrogen and oxygen atoms in total. The number of aryl methyl sites for hydroxylation is 2. The summed E-state index contributed by atoms with van der Waals surface area (Å²) in [5.74, 6) is 0.790. The summed E-state index contributed by atoms with van der Waals surface area (Å²) >= 11 is 0. The van der Waals surface area contributed by atoms with Crippen LogP contribution in [-0.2, 0) is 0 Å². The highest BCUT2D eigenvalue weighted by Crippen LogP contribution is 2.13. The Balaban J connectivity index is 2.50. The van der Waals surface area contributed by atoms with Crippen LogP contribution in [0.4, 0.5) is 0 Å². The van der Waals surface area contributed by atoms with Crippen molar-refractivity contribution < 1.29 is 14.3 Å². The zero-order valence-electron chi connectivity index (χ0n) is 10.0. The first kappa shape index (κ1) is 12.8. The number of nitrogens with one attached hydrogen (secondary N) is 1. The van der Waals surface area contributed by atoms with Crippen LogP contribution in [0, 0.1) is 13.8 Å². The Hall–Kier alpha value is -1.29. The van der Waals surface area contributed by atoms with Gasteiger partial charge in [-0.2, -0.15) is 0 Å². The maximum Gasteiger partial charge on any atom is 0.287 e. The van der Waals surface area contributed by atoms with E-state index >= 15 is 0 Å². The second kappa shape index (κ2) is 5.70. The monoisotopic (exact) mass is 225 g/mol. The van der Waals surface area contributed by atoms with Crippen molar-refractivity contribution in [1.29, 1.82) is 0 Å². The summed E-state index contributed by atoms with van der Waals surface area (Å²) in [6, 6.07) is 1.82. The van der Waals surface area contributed by atoms with Crippen LogP contribution in [0.3, 0.4) is 0 Å². The fraction of sp³-hybridized carbons (Fsp3) is 0.583. The first-order chi connectivity index (χ1) is 7.54. The van der Waals surface area contributed by atoms with E-state index in [0.717, 1.165) is 17.7 Å². The molecule has 2 N–H and O–H groups in total. The van der Waals surface area contributed by atoms with Crippen molar-refractivity contribution in [2.24, 2.45) is 0 Å². The van der Waals surface area contributed by atoms with E-state index in [1.165, 1.54) is 0 Å². The number of hydrogen-bond donors (Lipinski definition) is 2. The van der Waals surface area contributed by atoms with Crippen LogP contribution in [0.1, 0.15) is 41.6 Å². The van der Waals surface area contributed by atoms with Crippen LogP contribution in [0.25, 0.3) is 0 Å². The van der Waals surface area contributed by atoms with Gasteiger partial charge in [-0.3, -0.25) is 4.79 Å². The normalized spacial score (nSPS) is 12.5. The SMILES string of the molecule is CCCC(O)CNC(=O)c1oc(C)cc1C. The Kier molecular flexibility index (Phi) is 4.55. The van der Waals surface area contributed by atoms with E-state index in [1.54, 1.807) is 6.92 Å². The fourth-order valence-electron chi connectivity index (χ4n) is 1.59. The summed E-state index contributed by atoms with van der Waals surface area (Å²) in [7, 11) is 0. The molecule has 0 aliphatic rings. The molecular formula is C12H19NO3. The van der Waals surface area contributed by atoms with Gasteiger partial charge in [0.2, 0.25) is 0 Å². The first-order valence-electron chi connectivity index (χ1n) is 5.58. The van der Waals surface area contributed by atoms with Crippen molar-refractivity contribution in [2.75, 3.05) is 6.54 Å². The van der Waals surface area contributed by atoms with Crippen molar-refractivity contribution >= 4 is 5.91 Å². The van der Waals surface area contributed by atoms with Gasteiger partial charge in [0.1, 0.15) is 5.76 Å². The summed E-state index contributed by atoms with van der Waals surface area (Å²) < 4.78 is 5.27. The van der Waals surface area contributed by atoms with Crippen LogP contribution in [0.2, 0.25) is 0 Å². The molecule has 4 heteroatoms. The lowest BCUT2D eigenvalue weighted by molar-refractivity contribution is 0.0881. The number of carbonyl (C=O) groups is 1. The molecule has 0 spiro atoms. The molecule has 1 amide bonds. The van der Waals surface area contributed by atoms with Crippen molar-refractivity contribution in [1.82, 2.24) is 5.32 Å². The number of aliphatic hydroxyl groups is 1. The van der Waals surface area contributed by atoms with E-state index in [1.807, 2.05) is 19.9 Å². The largest absolute Gasteiger partial charge is 0.456 e. The minimum Gasteiger partial charge on any atom is -0.456 e. The molecular weight excluding hydrogens is 206 g/mol. The number of hydrogen-bond acceptors (Lipinski definition) is 3. The molecule has 0 aliphatic heterocycles. The van der Waals surface area contributed by atoms with Crippen molar-refractivity contribution in [3.63, 3.8) is 0 Å². The molecule has 0 aromatic carbocycles. The Morgan fingerprint density at radius 3 is 2.75 bits per heavy atom. The minimum absolute atomic E-state index is 0.263. The summed E-state index contributed by atoms with van der Waals surface area (Å²) in [4.78, 5) is 11.7. The van der Waals surface area contributed by atoms with Gasteiger partial charge < -0.3 is 14.8 Å². The highest BCUT2D eigenvalue weighted by atomic mass is 16.3. The number of aliphatic hydroxyl groups excluding tert-OH is 1. The van der Waals surface area contributed by atoms with Crippen LogP contribution < -0.4 is 5.32 Å². The molecule has 1 aromatic heterocycles. The Bertz CT molecular complexity index is 357. The zero-order chi connectivity index (χ0) is 12.1. The molecule has 0 aliphatic carbocycles. The summed E-state index contributed by atoms with van der Waals surface area (Å²) in [6.07, 6.45) is 1.11. The van der Waals surface area contributed by atoms with Gasteiger partial charge in [-0.25, -0.2) is 0 Å². The number of amides is 1. The zero-order valence-corrected chi connectivity index (χ0v) is 10.0. The van der Waals surface area contributed by atoms with Gasteiger partial charge in [0.25, 0.3) is 5.91 Å². The van der Waals surface area contributed by atoms with Gasteiger partial charge in [-0.05, 0) is 26.3 Å². The van der Waals surface area contributed by atoms with Crippen molar-refractivity contribution in [3.05, 3.63) is 23.2 Å². The van der Waals surface area contributed by atoms with Crippen molar-refractivity contribution in [2.45, 2.75) is 39.7 Å². The third kappa shape index (κ3) is 3.38. The lowest BCUT2D eigenvalue weighted by Crippen LogP contribution is -2.32. The first-order valence-corrected chi connectivity index (χ1v) is 5.58. The topological polar surface area (TPSA) is 62.5 Å². The van der Waals surface area contributed by atoms with Crippen molar-refractivity contribution in [3.8, 4) is 0 Å². The molecule has 16 heavy (non-hydrogen) atoms. The number of carbonyl (C=O) groups excluding carboxylic acids is 1. The average molecular weight is 225 g/mol. The molecule has 1 unspecified atom stereocenters. The molecule has 1 atom stereocenters. The van der Waals surface area contributed by atoms with E-state index in [2.05, 4.69) is 5.32 Å². The maximum atomic E-state index is 11.7. The maximum absolute atomic E-state index is 11.7. The third-order valence-electron chi connectivity index (χ3n) is 2.37. The molecule has 0 bridgehead atoms. The Morgan fingerprint density at radius 1 is 1.56 bits per heavy atom. The quantitative estimate of drug-likeness (QED) is 0.803. The van der Waals surface area contributed by atoms with Gasteiger partial charge in [0.15, 0.2) is 5.76 Å². The minimum atomic E-state index is -0.481. The van der Waals surface area contributed by atoms with Crippen LogP contribution in [0.15, 0.2) is 10.5 Å². The molecule has 90 valence electrons. The molecule has 1 heterocycles. The molecule has 0 saturated heterocycles. The van der Waals surface area contributed by atoms with Crippen LogP contribution in [-0.4, -0.2) is 23.7 Å². The number of furan rings is 1. The average Bonchev–Trinajstić information content (AvgIpc) is 2.55. The smallest absolute Gasteiger partial charge is 0.287 e. The van der Waals surface area contributed by atoms with Gasteiger partial charge in [0, 0.05) is 12.1 Å². The van der Waals surface area contributed by atoms with E-state index in [9.17, 15) is 9.90 Å². The van der Waals surface area contributed by atoms with E-state index in [-0.39, 0.29) is 12.5 Å². The molecule has 0 saturated carbocycles. The fourth-order valence-corrected chi connectivity index (χ4v) is 1.59. The molecule has 1 aromatic rings. The predicted octanol–water partition coefficient (Wildman–Crippen LogP) is 1.79. The highest BCUT2D eigenvalue weighted by Gasteiger charge is 2.14. The third-order valence-corrected chi connectivity index (χ3v) is 2.37. The lowest BCUT2D eigenvalue weighted by atomic mass is 10.2.